The molecular formula is C15H22N4O3. The van der Waals surface area contributed by atoms with Crippen LogP contribution in [0.25, 0.3) is 0 Å². The van der Waals surface area contributed by atoms with E-state index in [-0.39, 0.29) is 24.8 Å². The van der Waals surface area contributed by atoms with Crippen molar-refractivity contribution >= 4 is 17.8 Å². The number of nitrogens with one attached hydrogen (secondary N) is 1. The van der Waals surface area contributed by atoms with Crippen LogP contribution in [0.5, 0.6) is 0 Å². The first-order valence-corrected chi connectivity index (χ1v) is 7.52. The molecule has 1 amide bonds. The zero-order valence-electron chi connectivity index (χ0n) is 13.0. The van der Waals surface area contributed by atoms with Crippen LogP contribution in [-0.2, 0) is 9.59 Å². The number of aliphatic carboxylic acids is 1. The number of carbonyl (C=O) groups excluding carboxylic acids is 1. The predicted molar refractivity (Wildman–Crippen MR) is 81.7 cm³/mol. The van der Waals surface area contributed by atoms with Gasteiger partial charge in [0.05, 0.1) is 6.42 Å². The van der Waals surface area contributed by atoms with Gasteiger partial charge in [-0.05, 0) is 32.8 Å². The first kappa shape index (κ1) is 16.2. The maximum absolute atomic E-state index is 12.0. The Morgan fingerprint density at radius 1 is 1.27 bits per heavy atom. The normalized spacial score (nSPS) is 15.6. The number of nitrogens with zero attached hydrogens (tertiary/aromatic N) is 3. The average molecular weight is 306 g/mol. The van der Waals surface area contributed by atoms with E-state index in [2.05, 4.69) is 20.2 Å². The van der Waals surface area contributed by atoms with Crippen LogP contribution in [0.15, 0.2) is 6.07 Å². The minimum atomic E-state index is -0.901. The van der Waals surface area contributed by atoms with Gasteiger partial charge in [0.25, 0.3) is 0 Å². The summed E-state index contributed by atoms with van der Waals surface area (Å²) in [5.41, 5.74) is 1.88. The molecule has 0 radical (unpaired) electrons. The Bertz CT molecular complexity index is 533. The zero-order valence-corrected chi connectivity index (χ0v) is 13.0. The molecule has 0 unspecified atom stereocenters. The number of hydrogen-bond acceptors (Lipinski definition) is 5. The van der Waals surface area contributed by atoms with E-state index in [1.807, 2.05) is 19.9 Å². The van der Waals surface area contributed by atoms with Crippen molar-refractivity contribution in [2.45, 2.75) is 33.1 Å². The first-order chi connectivity index (χ1) is 10.5. The largest absolute Gasteiger partial charge is 0.481 e. The number of carboxylic acid groups (broad SMARTS) is 1. The van der Waals surface area contributed by atoms with E-state index in [0.29, 0.717) is 0 Å². The van der Waals surface area contributed by atoms with Crippen molar-refractivity contribution < 1.29 is 14.7 Å². The summed E-state index contributed by atoms with van der Waals surface area (Å²) in [6, 6.07) is 1.94. The quantitative estimate of drug-likeness (QED) is 0.839. The lowest BCUT2D eigenvalue weighted by atomic mass is 9.96. The van der Waals surface area contributed by atoms with Crippen molar-refractivity contribution in [3.05, 3.63) is 17.5 Å². The molecule has 2 rings (SSSR count). The van der Waals surface area contributed by atoms with E-state index in [4.69, 9.17) is 5.11 Å². The van der Waals surface area contributed by atoms with Crippen LogP contribution >= 0.6 is 0 Å². The second-order valence-corrected chi connectivity index (χ2v) is 5.65. The molecule has 7 nitrogen and oxygen atoms in total. The maximum Gasteiger partial charge on any atom is 0.305 e. The molecule has 0 bridgehead atoms. The maximum atomic E-state index is 12.0. The van der Waals surface area contributed by atoms with Crippen LogP contribution in [-0.4, -0.2) is 46.6 Å². The molecule has 1 fully saturated rings. The number of aromatic nitrogens is 2. The summed E-state index contributed by atoms with van der Waals surface area (Å²) in [6.45, 7) is 5.55. The average Bonchev–Trinajstić information content (AvgIpc) is 2.46. The van der Waals surface area contributed by atoms with E-state index in [1.165, 1.54) is 0 Å². The third kappa shape index (κ3) is 4.41. The van der Waals surface area contributed by atoms with Crippen molar-refractivity contribution in [1.82, 2.24) is 15.3 Å². The van der Waals surface area contributed by atoms with Gasteiger partial charge < -0.3 is 15.3 Å². The van der Waals surface area contributed by atoms with E-state index < -0.39 is 5.97 Å². The van der Waals surface area contributed by atoms with Gasteiger partial charge in [-0.1, -0.05) is 0 Å². The van der Waals surface area contributed by atoms with Gasteiger partial charge in [-0.15, -0.1) is 0 Å². The van der Waals surface area contributed by atoms with Crippen LogP contribution in [0.1, 0.15) is 30.7 Å². The lowest BCUT2D eigenvalue weighted by molar-refractivity contribution is -0.137. The summed E-state index contributed by atoms with van der Waals surface area (Å²) in [7, 11) is 0. The number of carbonyl (C=O) groups is 2. The lowest BCUT2D eigenvalue weighted by Crippen LogP contribution is -2.41. The molecule has 0 saturated carbocycles. The van der Waals surface area contributed by atoms with E-state index in [0.717, 1.165) is 43.3 Å². The fourth-order valence-electron chi connectivity index (χ4n) is 2.63. The highest BCUT2D eigenvalue weighted by Crippen LogP contribution is 2.21. The Balaban J connectivity index is 1.84. The fourth-order valence-corrected chi connectivity index (χ4v) is 2.63. The van der Waals surface area contributed by atoms with Gasteiger partial charge >= 0.3 is 5.97 Å². The molecule has 0 aromatic carbocycles. The summed E-state index contributed by atoms with van der Waals surface area (Å²) in [5, 5.41) is 11.3. The summed E-state index contributed by atoms with van der Waals surface area (Å²) in [5.74, 6) is -0.289. The minimum absolute atomic E-state index is 0.0407. The lowest BCUT2D eigenvalue weighted by Gasteiger charge is -2.31. The predicted octanol–water partition coefficient (Wildman–Crippen LogP) is 0.901. The summed E-state index contributed by atoms with van der Waals surface area (Å²) in [6.07, 6.45) is 1.42. The molecular weight excluding hydrogens is 284 g/mol. The number of anilines is 1. The van der Waals surface area contributed by atoms with Crippen LogP contribution in [0, 0.1) is 19.8 Å². The van der Waals surface area contributed by atoms with Gasteiger partial charge in [0, 0.05) is 36.9 Å². The molecule has 1 aliphatic heterocycles. The van der Waals surface area contributed by atoms with Gasteiger partial charge in [-0.2, -0.15) is 0 Å². The van der Waals surface area contributed by atoms with Gasteiger partial charge in [0.15, 0.2) is 0 Å². The zero-order chi connectivity index (χ0) is 16.1. The highest BCUT2D eigenvalue weighted by Gasteiger charge is 2.26. The number of rotatable bonds is 5. The number of piperidine rings is 1. The van der Waals surface area contributed by atoms with E-state index in [9.17, 15) is 9.59 Å². The number of aryl methyl sites for hydroxylation is 2. The highest BCUT2D eigenvalue weighted by atomic mass is 16.4. The summed E-state index contributed by atoms with van der Waals surface area (Å²) >= 11 is 0. The van der Waals surface area contributed by atoms with Crippen molar-refractivity contribution in [1.29, 1.82) is 0 Å². The highest BCUT2D eigenvalue weighted by molar-refractivity contribution is 5.79. The summed E-state index contributed by atoms with van der Waals surface area (Å²) < 4.78 is 0. The molecule has 120 valence electrons. The van der Waals surface area contributed by atoms with Gasteiger partial charge in [0.2, 0.25) is 11.9 Å². The molecule has 0 aliphatic carbocycles. The van der Waals surface area contributed by atoms with Crippen molar-refractivity contribution in [2.24, 2.45) is 5.92 Å². The molecule has 0 spiro atoms. The second-order valence-electron chi connectivity index (χ2n) is 5.65. The number of carboxylic acids is 1. The smallest absolute Gasteiger partial charge is 0.305 e. The molecule has 1 aromatic rings. The first-order valence-electron chi connectivity index (χ1n) is 7.52. The van der Waals surface area contributed by atoms with E-state index >= 15 is 0 Å². The Hall–Kier alpha value is -2.18. The molecule has 1 aromatic heterocycles. The standard InChI is InChI=1S/C15H22N4O3/c1-10-9-11(2)18-15(17-10)19-7-4-12(5-8-19)14(22)16-6-3-13(20)21/h9,12H,3-8H2,1-2H3,(H,16,22)(H,20,21). The van der Waals surface area contributed by atoms with Gasteiger partial charge in [0.1, 0.15) is 0 Å². The van der Waals surface area contributed by atoms with Crippen molar-refractivity contribution in [3.8, 4) is 0 Å². The molecule has 7 heteroatoms. The second kappa shape index (κ2) is 7.20. The third-order valence-corrected chi connectivity index (χ3v) is 3.76. The topological polar surface area (TPSA) is 95.4 Å². The SMILES string of the molecule is Cc1cc(C)nc(N2CCC(C(=O)NCCC(=O)O)CC2)n1. The van der Waals surface area contributed by atoms with Gasteiger partial charge in [-0.3, -0.25) is 9.59 Å². The van der Waals surface area contributed by atoms with Crippen LogP contribution in [0.2, 0.25) is 0 Å². The minimum Gasteiger partial charge on any atom is -0.481 e. The monoisotopic (exact) mass is 306 g/mol. The Morgan fingerprint density at radius 3 is 2.41 bits per heavy atom. The molecule has 2 heterocycles. The van der Waals surface area contributed by atoms with Crippen molar-refractivity contribution in [2.75, 3.05) is 24.5 Å². The third-order valence-electron chi connectivity index (χ3n) is 3.76. The van der Waals surface area contributed by atoms with Crippen LogP contribution < -0.4 is 10.2 Å². The van der Waals surface area contributed by atoms with Crippen LogP contribution in [0.3, 0.4) is 0 Å². The van der Waals surface area contributed by atoms with Crippen molar-refractivity contribution in [3.63, 3.8) is 0 Å². The Labute approximate surface area is 129 Å². The number of amides is 1. The molecule has 1 aliphatic rings. The molecule has 2 N–H and O–H groups in total. The Kier molecular flexibility index (Phi) is 5.30. The van der Waals surface area contributed by atoms with Crippen LogP contribution in [0.4, 0.5) is 5.95 Å². The Morgan fingerprint density at radius 2 is 1.86 bits per heavy atom. The number of hydrogen-bond donors (Lipinski definition) is 2. The van der Waals surface area contributed by atoms with Gasteiger partial charge in [-0.25, -0.2) is 9.97 Å². The molecule has 22 heavy (non-hydrogen) atoms. The summed E-state index contributed by atoms with van der Waals surface area (Å²) in [4.78, 5) is 33.4. The molecule has 1 saturated heterocycles. The van der Waals surface area contributed by atoms with E-state index in [1.54, 1.807) is 0 Å². The fraction of sp³-hybridized carbons (Fsp3) is 0.600. The molecule has 0 atom stereocenters.